The van der Waals surface area contributed by atoms with Crippen LogP contribution in [0.3, 0.4) is 0 Å². The Bertz CT molecular complexity index is 2030. The van der Waals surface area contributed by atoms with Crippen LogP contribution in [-0.2, 0) is 25.7 Å². The van der Waals surface area contributed by atoms with Crippen molar-refractivity contribution in [1.82, 2.24) is 0 Å². The molecule has 2 atom stereocenters. The predicted molar refractivity (Wildman–Crippen MR) is 225 cm³/mol. The molecule has 0 saturated heterocycles. The lowest BCUT2D eigenvalue weighted by Crippen LogP contribution is -2.35. The number of hydrogen-bond acceptors (Lipinski definition) is 2. The molecule has 0 aliphatic heterocycles. The normalized spacial score (nSPS) is 15.5. The van der Waals surface area contributed by atoms with Crippen LogP contribution in [0.4, 0.5) is 22.7 Å². The van der Waals surface area contributed by atoms with Crippen molar-refractivity contribution in [2.75, 3.05) is 30.6 Å². The lowest BCUT2D eigenvalue weighted by atomic mass is 10.0. The van der Waals surface area contributed by atoms with Gasteiger partial charge in [-0.2, -0.15) is 0 Å². The van der Waals surface area contributed by atoms with Crippen LogP contribution in [0.5, 0.6) is 0 Å². The van der Waals surface area contributed by atoms with Gasteiger partial charge in [-0.1, -0.05) is 71.9 Å². The molecule has 0 amide bonds. The third-order valence-electron chi connectivity index (χ3n) is 11.2. The van der Waals surface area contributed by atoms with Gasteiger partial charge in [-0.3, -0.25) is 0 Å². The highest BCUT2D eigenvalue weighted by atomic mass is 31.2. The van der Waals surface area contributed by atoms with E-state index < -0.39 is 7.26 Å². The minimum atomic E-state index is -1.97. The van der Waals surface area contributed by atoms with E-state index in [0.717, 1.165) is 34.3 Å². The van der Waals surface area contributed by atoms with Crippen LogP contribution in [0, 0.1) is 6.92 Å². The van der Waals surface area contributed by atoms with Gasteiger partial charge in [0.05, 0.1) is 31.0 Å². The summed E-state index contributed by atoms with van der Waals surface area (Å²) in [4.78, 5) is 5.06. The Morgan fingerprint density at radius 1 is 0.653 bits per heavy atom. The predicted octanol–water partition coefficient (Wildman–Crippen LogP) is 10.5. The average Bonchev–Trinajstić information content (AvgIpc) is 3.86. The fourth-order valence-corrected chi connectivity index (χ4v) is 13.0. The van der Waals surface area contributed by atoms with E-state index in [4.69, 9.17) is 0 Å². The molecule has 4 aromatic carbocycles. The van der Waals surface area contributed by atoms with Gasteiger partial charge >= 0.3 is 0 Å². The quantitative estimate of drug-likeness (QED) is 0.154. The van der Waals surface area contributed by atoms with Crippen molar-refractivity contribution >= 4 is 72.7 Å². The molecule has 4 aromatic rings. The highest BCUT2D eigenvalue weighted by Gasteiger charge is 2.47. The molecule has 2 nitrogen and oxygen atoms in total. The Kier molecular flexibility index (Phi) is 9.28. The van der Waals surface area contributed by atoms with Crippen LogP contribution in [0.2, 0.25) is 0 Å². The zero-order chi connectivity index (χ0) is 34.6. The van der Waals surface area contributed by atoms with Crippen LogP contribution in [0.15, 0.2) is 72.8 Å². The molecular weight excluding hydrogens is 630 g/mol. The zero-order valence-electron chi connectivity index (χ0n) is 31.0. The maximum atomic E-state index is 2.63. The fourth-order valence-electron chi connectivity index (χ4n) is 8.08. The van der Waals surface area contributed by atoms with E-state index in [0.29, 0.717) is 11.3 Å². The summed E-state index contributed by atoms with van der Waals surface area (Å²) < 4.78 is 0. The molecule has 0 bridgehead atoms. The maximum Gasteiger partial charge on any atom is 0.123 e. The van der Waals surface area contributed by atoms with Crippen molar-refractivity contribution < 1.29 is 0 Å². The number of hydrogen-bond donors (Lipinski definition) is 0. The van der Waals surface area contributed by atoms with E-state index in [1.165, 1.54) is 83.2 Å². The topological polar surface area (TPSA) is 6.48 Å². The third kappa shape index (κ3) is 6.04. The number of allylic oxidation sites excluding steroid dienone is 3. The highest BCUT2D eigenvalue weighted by Crippen LogP contribution is 2.61. The minimum Gasteiger partial charge on any atom is -0.341 e. The lowest BCUT2D eigenvalue weighted by Gasteiger charge is -2.36. The lowest BCUT2D eigenvalue weighted by molar-refractivity contribution is 1.08. The van der Waals surface area contributed by atoms with E-state index >= 15 is 0 Å². The van der Waals surface area contributed by atoms with Gasteiger partial charge in [-0.15, -0.1) is 0 Å². The third-order valence-corrected chi connectivity index (χ3v) is 17.3. The molecule has 2 unspecified atom stereocenters. The van der Waals surface area contributed by atoms with E-state index in [-0.39, 0.29) is 0 Å². The first-order chi connectivity index (χ1) is 23.5. The molecule has 4 heteroatoms. The van der Waals surface area contributed by atoms with Crippen LogP contribution >= 0.6 is 15.8 Å². The summed E-state index contributed by atoms with van der Waals surface area (Å²) in [5.74, 6) is 0. The molecule has 0 heterocycles. The SMILES string of the molecule is CCc1ccc(N(C)c2cc3c(cc2C)C=CC3)c([P+](C)(c2cc3c(cc2N(C)c2cc4c(cc2PC(C)C)CC=C4)CC=C3)C(C)C)c1. The van der Waals surface area contributed by atoms with Crippen molar-refractivity contribution in [2.45, 2.75) is 78.5 Å². The Morgan fingerprint density at radius 3 is 1.82 bits per heavy atom. The second-order valence-corrected chi connectivity index (χ2v) is 21.2. The summed E-state index contributed by atoms with van der Waals surface area (Å²) in [5, 5.41) is 4.52. The van der Waals surface area contributed by atoms with Gasteiger partial charge < -0.3 is 9.80 Å². The first-order valence-electron chi connectivity index (χ1n) is 18.2. The van der Waals surface area contributed by atoms with Crippen LogP contribution in [0.1, 0.15) is 79.1 Å². The van der Waals surface area contributed by atoms with E-state index in [9.17, 15) is 0 Å². The van der Waals surface area contributed by atoms with Gasteiger partial charge in [0.25, 0.3) is 0 Å². The Morgan fingerprint density at radius 2 is 1.20 bits per heavy atom. The molecule has 0 radical (unpaired) electrons. The molecule has 0 saturated carbocycles. The molecule has 0 fully saturated rings. The van der Waals surface area contributed by atoms with Crippen molar-refractivity contribution in [3.63, 3.8) is 0 Å². The largest absolute Gasteiger partial charge is 0.341 e. The second kappa shape index (κ2) is 13.4. The van der Waals surface area contributed by atoms with Gasteiger partial charge in [0, 0.05) is 25.5 Å². The molecular formula is C45H53N2P2+. The van der Waals surface area contributed by atoms with E-state index in [1.807, 2.05) is 0 Å². The Balaban J connectivity index is 1.44. The number of fused-ring (bicyclic) bond motifs is 3. The molecule has 0 spiro atoms. The first kappa shape index (κ1) is 34.0. The molecule has 49 heavy (non-hydrogen) atoms. The Hall–Kier alpha value is -3.44. The smallest absolute Gasteiger partial charge is 0.123 e. The monoisotopic (exact) mass is 683 g/mol. The second-order valence-electron chi connectivity index (χ2n) is 15.0. The first-order valence-corrected chi connectivity index (χ1v) is 21.6. The van der Waals surface area contributed by atoms with Crippen molar-refractivity contribution in [3.05, 3.63) is 117 Å². The Labute approximate surface area is 298 Å². The van der Waals surface area contributed by atoms with Crippen molar-refractivity contribution in [3.8, 4) is 0 Å². The van der Waals surface area contributed by atoms with Gasteiger partial charge in [-0.05, 0) is 150 Å². The molecule has 7 rings (SSSR count). The molecule has 252 valence electrons. The summed E-state index contributed by atoms with van der Waals surface area (Å²) in [6.07, 6.45) is 18.0. The van der Waals surface area contributed by atoms with Crippen LogP contribution in [0.25, 0.3) is 18.2 Å². The van der Waals surface area contributed by atoms with Crippen molar-refractivity contribution in [1.29, 1.82) is 0 Å². The summed E-state index contributed by atoms with van der Waals surface area (Å²) in [6.45, 7) is 16.9. The number of rotatable bonds is 10. The summed E-state index contributed by atoms with van der Waals surface area (Å²) in [7, 11) is 3.43. The summed E-state index contributed by atoms with van der Waals surface area (Å²) in [5.41, 5.74) is 17.7. The fraction of sp³-hybridized carbons (Fsp3) is 0.333. The van der Waals surface area contributed by atoms with E-state index in [2.05, 4.69) is 163 Å². The summed E-state index contributed by atoms with van der Waals surface area (Å²) in [6, 6.07) is 22.3. The van der Waals surface area contributed by atoms with Crippen LogP contribution in [-0.4, -0.2) is 32.1 Å². The maximum absolute atomic E-state index is 2.63. The highest BCUT2D eigenvalue weighted by molar-refractivity contribution is 7.90. The standard InChI is InChI=1S/C45H53N2P2/c1-10-32-20-21-39(46(7)40-24-34-15-11-14-33(34)22-31(40)6)44(23-32)49(9,30(4)5)45-28-38-19-13-17-36(38)26-42(45)47(8)41-25-35-16-12-18-37(35)27-43(41)48-29(2)3/h11-14,16,19-30,48H,10,15,17-18H2,1-9H3/q+1. The summed E-state index contributed by atoms with van der Waals surface area (Å²) >= 11 is 0. The van der Waals surface area contributed by atoms with Gasteiger partial charge in [0.2, 0.25) is 0 Å². The number of benzene rings is 4. The minimum absolute atomic E-state index is 0.451. The zero-order valence-corrected chi connectivity index (χ0v) is 32.9. The number of anilines is 4. The van der Waals surface area contributed by atoms with Gasteiger partial charge in [0.15, 0.2) is 0 Å². The number of aryl methyl sites for hydroxylation is 2. The molecule has 3 aliphatic rings. The molecule has 0 aromatic heterocycles. The van der Waals surface area contributed by atoms with Crippen molar-refractivity contribution in [2.24, 2.45) is 0 Å². The molecule has 0 N–H and O–H groups in total. The van der Waals surface area contributed by atoms with Gasteiger partial charge in [0.1, 0.15) is 10.6 Å². The van der Waals surface area contributed by atoms with Gasteiger partial charge in [-0.25, -0.2) is 0 Å². The average molecular weight is 684 g/mol. The van der Waals surface area contributed by atoms with Crippen LogP contribution < -0.4 is 25.7 Å². The van der Waals surface area contributed by atoms with E-state index in [1.54, 1.807) is 0 Å². The number of nitrogens with zero attached hydrogens (tertiary/aromatic N) is 2. The molecule has 3 aliphatic carbocycles.